The predicted molar refractivity (Wildman–Crippen MR) is 131 cm³/mol. The van der Waals surface area contributed by atoms with Crippen LogP contribution in [-0.4, -0.2) is 31.6 Å². The van der Waals surface area contributed by atoms with Gasteiger partial charge in [-0.25, -0.2) is 0 Å². The highest BCUT2D eigenvalue weighted by atomic mass is 32.1. The Kier molecular flexibility index (Phi) is 5.57. The molecule has 1 aliphatic heterocycles. The molecule has 3 aromatic heterocycles. The van der Waals surface area contributed by atoms with Gasteiger partial charge >= 0.3 is 5.97 Å². The molecule has 174 valence electrons. The largest absolute Gasteiger partial charge is 0.481 e. The zero-order valence-corrected chi connectivity index (χ0v) is 20.2. The zero-order valence-electron chi connectivity index (χ0n) is 19.4. The van der Waals surface area contributed by atoms with Crippen molar-refractivity contribution in [2.24, 2.45) is 10.9 Å². The third kappa shape index (κ3) is 3.71. The highest BCUT2D eigenvalue weighted by Gasteiger charge is 2.36. The quantitative estimate of drug-likeness (QED) is 0.403. The number of carboxylic acids is 1. The van der Waals surface area contributed by atoms with Crippen LogP contribution in [0, 0.1) is 26.7 Å². The van der Waals surface area contributed by atoms with Gasteiger partial charge in [0.15, 0.2) is 5.82 Å². The van der Waals surface area contributed by atoms with Crippen LogP contribution in [0.3, 0.4) is 0 Å². The normalized spacial score (nSPS) is 15.8. The first-order valence-corrected chi connectivity index (χ1v) is 11.9. The molecule has 5 rings (SSSR count). The number of thiophene rings is 1. The van der Waals surface area contributed by atoms with Gasteiger partial charge in [0.1, 0.15) is 22.6 Å². The molecule has 2 N–H and O–H groups in total. The molecule has 0 spiro atoms. The minimum Gasteiger partial charge on any atom is -0.481 e. The molecule has 8 nitrogen and oxygen atoms in total. The molecule has 9 heteroatoms. The summed E-state index contributed by atoms with van der Waals surface area (Å²) in [5.74, 6) is 0.448. The Bertz CT molecular complexity index is 1380. The van der Waals surface area contributed by atoms with Gasteiger partial charge in [-0.05, 0) is 57.5 Å². The molecular formula is C25H25N5O3S. The van der Waals surface area contributed by atoms with Gasteiger partial charge in [-0.1, -0.05) is 12.1 Å². The van der Waals surface area contributed by atoms with E-state index in [9.17, 15) is 9.90 Å². The van der Waals surface area contributed by atoms with Crippen LogP contribution in [0.25, 0.3) is 5.00 Å². The predicted octanol–water partition coefficient (Wildman–Crippen LogP) is 5.07. The number of rotatable bonds is 6. The second-order valence-corrected chi connectivity index (χ2v) is 9.67. The fraction of sp³-hybridized carbons (Fsp3) is 0.280. The van der Waals surface area contributed by atoms with Gasteiger partial charge in [0.2, 0.25) is 0 Å². The molecule has 4 aromatic rings. The number of aromatic nitrogens is 3. The summed E-state index contributed by atoms with van der Waals surface area (Å²) in [4.78, 5) is 18.2. The Hall–Kier alpha value is -3.72. The molecule has 0 fully saturated rings. The number of aliphatic carboxylic acids is 1. The first kappa shape index (κ1) is 22.1. The zero-order chi connectivity index (χ0) is 24.0. The number of benzene rings is 1. The van der Waals surface area contributed by atoms with E-state index in [-0.39, 0.29) is 0 Å². The summed E-state index contributed by atoms with van der Waals surface area (Å²) in [5.41, 5.74) is 4.78. The molecule has 0 radical (unpaired) electrons. The molecule has 2 atom stereocenters. The number of aryl methyl sites for hydroxylation is 2. The Morgan fingerprint density at radius 2 is 1.97 bits per heavy atom. The van der Waals surface area contributed by atoms with Crippen LogP contribution in [0.2, 0.25) is 0 Å². The highest BCUT2D eigenvalue weighted by molar-refractivity contribution is 7.15. The van der Waals surface area contributed by atoms with E-state index < -0.39 is 17.9 Å². The fourth-order valence-electron chi connectivity index (χ4n) is 4.17. The van der Waals surface area contributed by atoms with Gasteiger partial charge in [-0.15, -0.1) is 21.5 Å². The van der Waals surface area contributed by atoms with E-state index in [1.165, 1.54) is 4.88 Å². The van der Waals surface area contributed by atoms with Crippen molar-refractivity contribution in [3.8, 4) is 5.00 Å². The second-order valence-electron chi connectivity index (χ2n) is 8.46. The molecule has 0 saturated heterocycles. The number of nitrogens with one attached hydrogen (secondary N) is 1. The molecule has 0 bridgehead atoms. The van der Waals surface area contributed by atoms with Crippen LogP contribution >= 0.6 is 11.3 Å². The summed E-state index contributed by atoms with van der Waals surface area (Å²) in [5, 5.41) is 22.8. The lowest BCUT2D eigenvalue weighted by molar-refractivity contribution is -0.141. The molecule has 1 aliphatic rings. The van der Waals surface area contributed by atoms with E-state index in [0.717, 1.165) is 38.9 Å². The number of furan rings is 1. The molecular weight excluding hydrogens is 450 g/mol. The van der Waals surface area contributed by atoms with Crippen molar-refractivity contribution in [1.82, 2.24) is 14.8 Å². The smallest absolute Gasteiger partial charge is 0.308 e. The lowest BCUT2D eigenvalue weighted by Crippen LogP contribution is -2.21. The number of nitrogens with zero attached hydrogens (tertiary/aromatic N) is 4. The summed E-state index contributed by atoms with van der Waals surface area (Å²) in [7, 11) is 0. The standard InChI is InChI=1S/C25H25N5O3S/c1-13-15(3)34-24-20(13)22(17-7-9-18(10-8-17)26-12-19-6-5-11-33-19)27-21(14(2)25(31)32)23-29-28-16(4)30(23)24/h5-11,14,21,26H,12H2,1-4H3,(H,31,32)/t14-,21?/m0/s1. The first-order chi connectivity index (χ1) is 16.3. The number of hydrogen-bond acceptors (Lipinski definition) is 7. The minimum absolute atomic E-state index is 0.557. The molecule has 0 amide bonds. The summed E-state index contributed by atoms with van der Waals surface area (Å²) in [6, 6.07) is 11.2. The summed E-state index contributed by atoms with van der Waals surface area (Å²) in [6.45, 7) is 8.32. The number of carbonyl (C=O) groups is 1. The Balaban J connectivity index is 1.61. The molecule has 1 aromatic carbocycles. The maximum Gasteiger partial charge on any atom is 0.308 e. The molecule has 1 unspecified atom stereocenters. The van der Waals surface area contributed by atoms with Crippen molar-refractivity contribution in [2.75, 3.05) is 5.32 Å². The average Bonchev–Trinajstić information content (AvgIpc) is 3.52. The lowest BCUT2D eigenvalue weighted by atomic mass is 9.98. The van der Waals surface area contributed by atoms with E-state index in [1.807, 2.05) is 47.9 Å². The van der Waals surface area contributed by atoms with Crippen LogP contribution < -0.4 is 5.32 Å². The van der Waals surface area contributed by atoms with Gasteiger partial charge < -0.3 is 14.8 Å². The van der Waals surface area contributed by atoms with Gasteiger partial charge in [-0.2, -0.15) is 0 Å². The van der Waals surface area contributed by atoms with Crippen LogP contribution in [0.1, 0.15) is 51.9 Å². The van der Waals surface area contributed by atoms with Crippen molar-refractivity contribution in [1.29, 1.82) is 0 Å². The van der Waals surface area contributed by atoms with Crippen molar-refractivity contribution in [3.05, 3.63) is 81.6 Å². The van der Waals surface area contributed by atoms with E-state index in [4.69, 9.17) is 9.41 Å². The van der Waals surface area contributed by atoms with E-state index in [1.54, 1.807) is 24.5 Å². The lowest BCUT2D eigenvalue weighted by Gasteiger charge is -2.16. The van der Waals surface area contributed by atoms with E-state index in [0.29, 0.717) is 18.2 Å². The summed E-state index contributed by atoms with van der Waals surface area (Å²) in [6.07, 6.45) is 1.66. The minimum atomic E-state index is -0.920. The van der Waals surface area contributed by atoms with Gasteiger partial charge in [-0.3, -0.25) is 14.4 Å². The van der Waals surface area contributed by atoms with Crippen LogP contribution in [-0.2, 0) is 11.3 Å². The maximum absolute atomic E-state index is 12.0. The number of hydrogen-bond donors (Lipinski definition) is 2. The molecule has 0 saturated carbocycles. The monoisotopic (exact) mass is 475 g/mol. The van der Waals surface area contributed by atoms with Crippen molar-refractivity contribution < 1.29 is 14.3 Å². The third-order valence-corrected chi connectivity index (χ3v) is 7.45. The van der Waals surface area contributed by atoms with Crippen LogP contribution in [0.15, 0.2) is 52.1 Å². The summed E-state index contributed by atoms with van der Waals surface area (Å²) >= 11 is 1.65. The Morgan fingerprint density at radius 3 is 2.65 bits per heavy atom. The third-order valence-electron chi connectivity index (χ3n) is 6.26. The number of fused-ring (bicyclic) bond motifs is 3. The van der Waals surface area contributed by atoms with E-state index in [2.05, 4.69) is 29.4 Å². The molecule has 0 aliphatic carbocycles. The van der Waals surface area contributed by atoms with Gasteiger partial charge in [0.05, 0.1) is 24.4 Å². The SMILES string of the molecule is Cc1sc2c(c1C)C(c1ccc(NCc3ccco3)cc1)=NC([C@H](C)C(=O)O)c1nnc(C)n1-2. The van der Waals surface area contributed by atoms with Crippen LogP contribution in [0.4, 0.5) is 5.69 Å². The number of carboxylic acid groups (broad SMARTS) is 1. The van der Waals surface area contributed by atoms with Crippen molar-refractivity contribution in [2.45, 2.75) is 40.3 Å². The summed E-state index contributed by atoms with van der Waals surface area (Å²) < 4.78 is 7.36. The first-order valence-electron chi connectivity index (χ1n) is 11.0. The van der Waals surface area contributed by atoms with Gasteiger partial charge in [0.25, 0.3) is 0 Å². The molecule has 4 heterocycles. The topological polar surface area (TPSA) is 106 Å². The number of aliphatic imine (C=N–C) groups is 1. The van der Waals surface area contributed by atoms with E-state index >= 15 is 0 Å². The van der Waals surface area contributed by atoms with Crippen molar-refractivity contribution >= 4 is 28.7 Å². The van der Waals surface area contributed by atoms with Gasteiger partial charge in [0, 0.05) is 21.7 Å². The van der Waals surface area contributed by atoms with Crippen molar-refractivity contribution in [3.63, 3.8) is 0 Å². The highest BCUT2D eigenvalue weighted by Crippen LogP contribution is 2.40. The van der Waals surface area contributed by atoms with Crippen LogP contribution in [0.5, 0.6) is 0 Å². The number of anilines is 1. The second kappa shape index (κ2) is 8.57. The fourth-order valence-corrected chi connectivity index (χ4v) is 5.38. The Labute approximate surface area is 201 Å². The Morgan fingerprint density at radius 1 is 1.21 bits per heavy atom. The molecule has 34 heavy (non-hydrogen) atoms. The maximum atomic E-state index is 12.0. The average molecular weight is 476 g/mol.